The fourth-order valence-electron chi connectivity index (χ4n) is 2.05. The van der Waals surface area contributed by atoms with Crippen molar-refractivity contribution in [2.45, 2.75) is 51.9 Å². The van der Waals surface area contributed by atoms with E-state index in [4.69, 9.17) is 9.84 Å². The lowest BCUT2D eigenvalue weighted by Gasteiger charge is -2.06. The monoisotopic (exact) mass is 274 g/mol. The van der Waals surface area contributed by atoms with Crippen LogP contribution in [0.4, 0.5) is 0 Å². The lowest BCUT2D eigenvalue weighted by molar-refractivity contribution is 0.304. The summed E-state index contributed by atoms with van der Waals surface area (Å²) < 4.78 is 5.72. The maximum absolute atomic E-state index is 8.67. The highest BCUT2D eigenvalue weighted by molar-refractivity contribution is 5.39. The van der Waals surface area contributed by atoms with Gasteiger partial charge in [-0.25, -0.2) is 0 Å². The van der Waals surface area contributed by atoms with Crippen LogP contribution < -0.4 is 4.74 Å². The molecule has 0 aliphatic rings. The normalized spacial score (nSPS) is 9.90. The molecule has 0 fully saturated rings. The van der Waals surface area contributed by atoms with Crippen LogP contribution >= 0.6 is 0 Å². The minimum Gasteiger partial charge on any atom is -0.494 e. The van der Waals surface area contributed by atoms with Crippen LogP contribution in [0.2, 0.25) is 0 Å². The summed E-state index contributed by atoms with van der Waals surface area (Å²) in [4.78, 5) is 0. The summed E-state index contributed by atoms with van der Waals surface area (Å²) in [5, 5.41) is 8.67. The van der Waals surface area contributed by atoms with Gasteiger partial charge in [-0.2, -0.15) is 0 Å². The molecule has 1 N–H and O–H groups in total. The van der Waals surface area contributed by atoms with Gasteiger partial charge in [0.05, 0.1) is 6.61 Å². The highest BCUT2D eigenvalue weighted by Gasteiger charge is 1.96. The molecule has 2 nitrogen and oxygen atoms in total. The van der Waals surface area contributed by atoms with Crippen molar-refractivity contribution in [2.75, 3.05) is 13.2 Å². The Bertz CT molecular complexity index is 415. The van der Waals surface area contributed by atoms with Crippen molar-refractivity contribution in [3.63, 3.8) is 0 Å². The minimum absolute atomic E-state index is 0.108. The lowest BCUT2D eigenvalue weighted by atomic mass is 10.1. The SMILES string of the molecule is CCCCCCCCCOc1cccc(C#CCO)c1. The Morgan fingerprint density at radius 2 is 1.80 bits per heavy atom. The van der Waals surface area contributed by atoms with Crippen molar-refractivity contribution < 1.29 is 9.84 Å². The van der Waals surface area contributed by atoms with Gasteiger partial charge in [-0.3, -0.25) is 0 Å². The summed E-state index contributed by atoms with van der Waals surface area (Å²) in [6.45, 7) is 2.90. The molecule has 1 aromatic carbocycles. The van der Waals surface area contributed by atoms with E-state index < -0.39 is 0 Å². The molecule has 1 rings (SSSR count). The van der Waals surface area contributed by atoms with Gasteiger partial charge in [0.25, 0.3) is 0 Å². The Kier molecular flexibility index (Phi) is 9.44. The lowest BCUT2D eigenvalue weighted by Crippen LogP contribution is -1.97. The van der Waals surface area contributed by atoms with Gasteiger partial charge >= 0.3 is 0 Å². The van der Waals surface area contributed by atoms with Crippen LogP contribution in [0.1, 0.15) is 57.4 Å². The first-order valence-electron chi connectivity index (χ1n) is 7.69. The summed E-state index contributed by atoms with van der Waals surface area (Å²) in [6.07, 6.45) is 9.04. The first kappa shape index (κ1) is 16.6. The second-order valence-corrected chi connectivity index (χ2v) is 4.96. The Morgan fingerprint density at radius 3 is 2.55 bits per heavy atom. The molecular weight excluding hydrogens is 248 g/mol. The molecule has 0 atom stereocenters. The van der Waals surface area contributed by atoms with Gasteiger partial charge in [0.2, 0.25) is 0 Å². The molecule has 2 heteroatoms. The predicted molar refractivity (Wildman–Crippen MR) is 83.9 cm³/mol. The molecule has 0 aromatic heterocycles. The third-order valence-electron chi connectivity index (χ3n) is 3.16. The molecule has 0 aliphatic heterocycles. The van der Waals surface area contributed by atoms with E-state index in [1.165, 1.54) is 38.5 Å². The molecule has 0 aliphatic carbocycles. The summed E-state index contributed by atoms with van der Waals surface area (Å²) in [6, 6.07) is 7.72. The Hall–Kier alpha value is -1.46. The first-order chi connectivity index (χ1) is 9.86. The fourth-order valence-corrected chi connectivity index (χ4v) is 2.05. The van der Waals surface area contributed by atoms with Crippen molar-refractivity contribution in [3.05, 3.63) is 29.8 Å². The van der Waals surface area contributed by atoms with Gasteiger partial charge < -0.3 is 9.84 Å². The molecule has 0 saturated heterocycles. The van der Waals surface area contributed by atoms with Gasteiger partial charge in [0.1, 0.15) is 12.4 Å². The van der Waals surface area contributed by atoms with Crippen LogP contribution in [-0.4, -0.2) is 18.3 Å². The van der Waals surface area contributed by atoms with E-state index in [-0.39, 0.29) is 6.61 Å². The number of ether oxygens (including phenoxy) is 1. The van der Waals surface area contributed by atoms with Crippen LogP contribution in [0.15, 0.2) is 24.3 Å². The van der Waals surface area contributed by atoms with Crippen molar-refractivity contribution in [1.29, 1.82) is 0 Å². The molecule has 110 valence electrons. The third kappa shape index (κ3) is 7.86. The van der Waals surface area contributed by atoms with E-state index in [0.29, 0.717) is 0 Å². The number of rotatable bonds is 9. The maximum atomic E-state index is 8.67. The largest absolute Gasteiger partial charge is 0.494 e. The van der Waals surface area contributed by atoms with Crippen LogP contribution in [0.3, 0.4) is 0 Å². The zero-order chi connectivity index (χ0) is 14.5. The highest BCUT2D eigenvalue weighted by atomic mass is 16.5. The van der Waals surface area contributed by atoms with Crippen molar-refractivity contribution in [3.8, 4) is 17.6 Å². The molecule has 0 radical (unpaired) electrons. The second-order valence-electron chi connectivity index (χ2n) is 4.96. The molecule has 20 heavy (non-hydrogen) atoms. The van der Waals surface area contributed by atoms with Crippen LogP contribution in [0.25, 0.3) is 0 Å². The molecule has 0 bridgehead atoms. The van der Waals surface area contributed by atoms with E-state index in [1.54, 1.807) is 0 Å². The third-order valence-corrected chi connectivity index (χ3v) is 3.16. The molecule has 0 unspecified atom stereocenters. The smallest absolute Gasteiger partial charge is 0.120 e. The van der Waals surface area contributed by atoms with E-state index in [1.807, 2.05) is 24.3 Å². The summed E-state index contributed by atoms with van der Waals surface area (Å²) in [5.74, 6) is 6.39. The molecule has 0 heterocycles. The van der Waals surface area contributed by atoms with Gasteiger partial charge in [-0.05, 0) is 24.6 Å². The second kappa shape index (κ2) is 11.4. The average Bonchev–Trinajstić information content (AvgIpc) is 2.48. The molecular formula is C18H26O2. The topological polar surface area (TPSA) is 29.5 Å². The Morgan fingerprint density at radius 1 is 1.05 bits per heavy atom. The number of aliphatic hydroxyl groups excluding tert-OH is 1. The summed E-state index contributed by atoms with van der Waals surface area (Å²) >= 11 is 0. The zero-order valence-electron chi connectivity index (χ0n) is 12.5. The number of aliphatic hydroxyl groups is 1. The minimum atomic E-state index is -0.108. The number of benzene rings is 1. The quantitative estimate of drug-likeness (QED) is 0.541. The standard InChI is InChI=1S/C18H26O2/c1-2-3-4-5-6-7-8-15-20-18-13-9-11-17(16-18)12-10-14-19/h9,11,13,16,19H,2-8,14-15H2,1H3. The van der Waals surface area contributed by atoms with E-state index in [2.05, 4.69) is 18.8 Å². The van der Waals surface area contributed by atoms with Crippen LogP contribution in [-0.2, 0) is 0 Å². The number of hydrogen-bond acceptors (Lipinski definition) is 2. The van der Waals surface area contributed by atoms with Crippen LogP contribution in [0, 0.1) is 11.8 Å². The van der Waals surface area contributed by atoms with Crippen molar-refractivity contribution in [1.82, 2.24) is 0 Å². The highest BCUT2D eigenvalue weighted by Crippen LogP contribution is 2.13. The number of hydrogen-bond donors (Lipinski definition) is 1. The Balaban J connectivity index is 2.15. The van der Waals surface area contributed by atoms with E-state index in [0.717, 1.165) is 24.3 Å². The molecule has 0 saturated carbocycles. The maximum Gasteiger partial charge on any atom is 0.120 e. The van der Waals surface area contributed by atoms with Gasteiger partial charge in [-0.15, -0.1) is 0 Å². The molecule has 1 aromatic rings. The fraction of sp³-hybridized carbons (Fsp3) is 0.556. The predicted octanol–water partition coefficient (Wildman–Crippen LogP) is 4.16. The van der Waals surface area contributed by atoms with E-state index >= 15 is 0 Å². The summed E-state index contributed by atoms with van der Waals surface area (Å²) in [5.41, 5.74) is 0.885. The van der Waals surface area contributed by atoms with Crippen molar-refractivity contribution >= 4 is 0 Å². The average molecular weight is 274 g/mol. The Labute approximate surface area is 123 Å². The first-order valence-corrected chi connectivity index (χ1v) is 7.69. The number of unbranched alkanes of at least 4 members (excludes halogenated alkanes) is 6. The van der Waals surface area contributed by atoms with Gasteiger partial charge in [0.15, 0.2) is 0 Å². The van der Waals surface area contributed by atoms with Crippen molar-refractivity contribution in [2.24, 2.45) is 0 Å². The summed E-state index contributed by atoms with van der Waals surface area (Å²) in [7, 11) is 0. The molecule has 0 amide bonds. The van der Waals surface area contributed by atoms with Gasteiger partial charge in [-0.1, -0.05) is 63.4 Å². The van der Waals surface area contributed by atoms with Gasteiger partial charge in [0, 0.05) is 5.56 Å². The van der Waals surface area contributed by atoms with E-state index in [9.17, 15) is 0 Å². The van der Waals surface area contributed by atoms with Crippen LogP contribution in [0.5, 0.6) is 5.75 Å². The molecule has 0 spiro atoms. The zero-order valence-corrected chi connectivity index (χ0v) is 12.5.